The maximum absolute atomic E-state index is 5.76. The van der Waals surface area contributed by atoms with Gasteiger partial charge in [0.1, 0.15) is 0 Å². The predicted octanol–water partition coefficient (Wildman–Crippen LogP) is 1.82. The minimum atomic E-state index is 0.138. The summed E-state index contributed by atoms with van der Waals surface area (Å²) in [4.78, 5) is 20.3. The Morgan fingerprint density at radius 2 is 1.82 bits per heavy atom. The van der Waals surface area contributed by atoms with E-state index in [9.17, 15) is 0 Å². The first-order chi connectivity index (χ1) is 8.17. The second-order valence-electron chi connectivity index (χ2n) is 3.11. The normalized spacial score (nSPS) is 10.3. The molecule has 0 radical (unpaired) electrons. The minimum absolute atomic E-state index is 0.138. The Hall–Kier alpha value is -1.47. The third-order valence-electron chi connectivity index (χ3n) is 1.75. The Labute approximate surface area is 107 Å². The maximum Gasteiger partial charge on any atom is 0.228 e. The van der Waals surface area contributed by atoms with Crippen molar-refractivity contribution in [3.63, 3.8) is 0 Å². The van der Waals surface area contributed by atoms with Crippen molar-refractivity contribution in [3.05, 3.63) is 23.2 Å². The summed E-state index contributed by atoms with van der Waals surface area (Å²) in [5.74, 6) is 0.416. The fraction of sp³-hybridized carbons (Fsp3) is 0.222. The lowest BCUT2D eigenvalue weighted by Gasteiger charge is -2.02. The summed E-state index contributed by atoms with van der Waals surface area (Å²) >= 11 is 6.99. The Balaban J connectivity index is 2.23. The van der Waals surface area contributed by atoms with Crippen LogP contribution in [0.5, 0.6) is 0 Å². The lowest BCUT2D eigenvalue weighted by atomic mass is 10.4. The molecule has 0 bridgehead atoms. The number of nitrogens with one attached hydrogen (secondary N) is 1. The molecule has 0 saturated carbocycles. The maximum atomic E-state index is 5.76. The first kappa shape index (κ1) is 12.0. The van der Waals surface area contributed by atoms with Crippen molar-refractivity contribution in [1.82, 2.24) is 24.9 Å². The van der Waals surface area contributed by atoms with E-state index in [-0.39, 0.29) is 5.28 Å². The van der Waals surface area contributed by atoms with Crippen LogP contribution in [0.2, 0.25) is 5.28 Å². The van der Waals surface area contributed by atoms with Gasteiger partial charge in [-0.05, 0) is 35.9 Å². The van der Waals surface area contributed by atoms with E-state index in [1.807, 2.05) is 6.92 Å². The van der Waals surface area contributed by atoms with Crippen LogP contribution in [0.4, 0.5) is 5.95 Å². The zero-order valence-electron chi connectivity index (χ0n) is 9.18. The van der Waals surface area contributed by atoms with Gasteiger partial charge in [0, 0.05) is 19.4 Å². The average molecular weight is 269 g/mol. The number of aryl methyl sites for hydroxylation is 1. The van der Waals surface area contributed by atoms with E-state index in [0.717, 1.165) is 5.56 Å². The molecule has 0 fully saturated rings. The highest BCUT2D eigenvalue weighted by molar-refractivity contribution is 7.99. The predicted molar refractivity (Wildman–Crippen MR) is 65.3 cm³/mol. The Morgan fingerprint density at radius 3 is 2.47 bits per heavy atom. The zero-order valence-corrected chi connectivity index (χ0v) is 10.7. The van der Waals surface area contributed by atoms with Crippen LogP contribution in [-0.2, 0) is 0 Å². The third-order valence-corrected chi connectivity index (χ3v) is 2.68. The third kappa shape index (κ3) is 3.24. The monoisotopic (exact) mass is 268 g/mol. The van der Waals surface area contributed by atoms with Gasteiger partial charge in [0.25, 0.3) is 0 Å². The molecule has 0 aliphatic heterocycles. The van der Waals surface area contributed by atoms with E-state index in [1.165, 1.54) is 11.8 Å². The number of hydrogen-bond acceptors (Lipinski definition) is 7. The van der Waals surface area contributed by atoms with Gasteiger partial charge >= 0.3 is 0 Å². The Morgan fingerprint density at radius 1 is 1.12 bits per heavy atom. The molecule has 0 amide bonds. The van der Waals surface area contributed by atoms with E-state index >= 15 is 0 Å². The van der Waals surface area contributed by atoms with Gasteiger partial charge in [-0.25, -0.2) is 9.97 Å². The van der Waals surface area contributed by atoms with Crippen LogP contribution in [0.1, 0.15) is 5.56 Å². The molecule has 6 nitrogen and oxygen atoms in total. The lowest BCUT2D eigenvalue weighted by Crippen LogP contribution is -2.00. The average Bonchev–Trinajstić information content (AvgIpc) is 2.31. The topological polar surface area (TPSA) is 76.5 Å². The molecule has 0 aliphatic rings. The molecule has 88 valence electrons. The van der Waals surface area contributed by atoms with E-state index in [4.69, 9.17) is 11.6 Å². The number of halogens is 1. The summed E-state index contributed by atoms with van der Waals surface area (Å²) in [7, 11) is 1.71. The number of nitrogens with zero attached hydrogens (tertiary/aromatic N) is 5. The second kappa shape index (κ2) is 5.24. The summed E-state index contributed by atoms with van der Waals surface area (Å²) in [6.07, 6.45) is 3.47. The quantitative estimate of drug-likeness (QED) is 0.851. The van der Waals surface area contributed by atoms with Crippen LogP contribution in [0.15, 0.2) is 22.7 Å². The zero-order chi connectivity index (χ0) is 12.3. The molecule has 0 aliphatic carbocycles. The van der Waals surface area contributed by atoms with Gasteiger partial charge in [-0.3, -0.25) is 0 Å². The van der Waals surface area contributed by atoms with Crippen LogP contribution in [0.3, 0.4) is 0 Å². The molecular formula is C9H9ClN6S. The van der Waals surface area contributed by atoms with Crippen molar-refractivity contribution >= 4 is 29.3 Å². The van der Waals surface area contributed by atoms with Gasteiger partial charge in [-0.15, -0.1) is 0 Å². The molecular weight excluding hydrogens is 260 g/mol. The smallest absolute Gasteiger partial charge is 0.228 e. The van der Waals surface area contributed by atoms with Crippen LogP contribution >= 0.6 is 23.4 Å². The summed E-state index contributed by atoms with van der Waals surface area (Å²) in [6, 6.07) is 0. The SMILES string of the molecule is CNc1nc(Cl)nc(Sc2ncc(C)cn2)n1. The van der Waals surface area contributed by atoms with E-state index in [2.05, 4.69) is 30.2 Å². The van der Waals surface area contributed by atoms with Crippen molar-refractivity contribution in [2.45, 2.75) is 17.2 Å². The van der Waals surface area contributed by atoms with E-state index < -0.39 is 0 Å². The fourth-order valence-corrected chi connectivity index (χ4v) is 1.85. The van der Waals surface area contributed by atoms with Gasteiger partial charge in [0.05, 0.1) is 0 Å². The molecule has 2 aromatic heterocycles. The van der Waals surface area contributed by atoms with Crippen LogP contribution in [0.25, 0.3) is 0 Å². The van der Waals surface area contributed by atoms with Crippen LogP contribution in [-0.4, -0.2) is 32.0 Å². The van der Waals surface area contributed by atoms with Gasteiger partial charge in [0.2, 0.25) is 16.4 Å². The summed E-state index contributed by atoms with van der Waals surface area (Å²) < 4.78 is 0. The molecule has 2 rings (SSSR count). The number of hydrogen-bond donors (Lipinski definition) is 1. The minimum Gasteiger partial charge on any atom is -0.357 e. The van der Waals surface area contributed by atoms with E-state index in [0.29, 0.717) is 16.3 Å². The molecule has 0 unspecified atom stereocenters. The Bertz CT molecular complexity index is 517. The van der Waals surface area contributed by atoms with Crippen LogP contribution < -0.4 is 5.32 Å². The molecule has 2 aromatic rings. The summed E-state index contributed by atoms with van der Waals surface area (Å²) in [5, 5.41) is 3.97. The molecule has 17 heavy (non-hydrogen) atoms. The number of anilines is 1. The molecule has 8 heteroatoms. The highest BCUT2D eigenvalue weighted by Gasteiger charge is 2.07. The molecule has 0 saturated heterocycles. The number of aromatic nitrogens is 5. The van der Waals surface area contributed by atoms with Crippen molar-refractivity contribution in [1.29, 1.82) is 0 Å². The molecule has 0 atom stereocenters. The largest absolute Gasteiger partial charge is 0.357 e. The second-order valence-corrected chi connectivity index (χ2v) is 4.38. The van der Waals surface area contributed by atoms with Crippen molar-refractivity contribution in [2.24, 2.45) is 0 Å². The Kier molecular flexibility index (Phi) is 3.70. The fourth-order valence-electron chi connectivity index (χ4n) is 1.00. The summed E-state index contributed by atoms with van der Waals surface area (Å²) in [5.41, 5.74) is 0.999. The molecule has 0 spiro atoms. The first-order valence-electron chi connectivity index (χ1n) is 4.73. The lowest BCUT2D eigenvalue weighted by molar-refractivity contribution is 0.889. The van der Waals surface area contributed by atoms with Crippen molar-refractivity contribution in [2.75, 3.05) is 12.4 Å². The number of rotatable bonds is 3. The standard InChI is InChI=1S/C9H9ClN6S/c1-5-3-12-8(13-4-5)17-9-15-6(10)14-7(11-2)16-9/h3-4H,1-2H3,(H,11,14,15,16). The van der Waals surface area contributed by atoms with Gasteiger partial charge in [-0.2, -0.15) is 15.0 Å². The summed E-state index contributed by atoms with van der Waals surface area (Å²) in [6.45, 7) is 1.92. The highest BCUT2D eigenvalue weighted by Crippen LogP contribution is 2.22. The molecule has 2 heterocycles. The van der Waals surface area contributed by atoms with Gasteiger partial charge < -0.3 is 5.32 Å². The molecule has 0 aromatic carbocycles. The molecule has 1 N–H and O–H groups in total. The van der Waals surface area contributed by atoms with Gasteiger partial charge in [-0.1, -0.05) is 0 Å². The van der Waals surface area contributed by atoms with Crippen molar-refractivity contribution in [3.8, 4) is 0 Å². The van der Waals surface area contributed by atoms with Crippen LogP contribution in [0, 0.1) is 6.92 Å². The highest BCUT2D eigenvalue weighted by atomic mass is 35.5. The first-order valence-corrected chi connectivity index (χ1v) is 5.92. The van der Waals surface area contributed by atoms with E-state index in [1.54, 1.807) is 19.4 Å². The van der Waals surface area contributed by atoms with Gasteiger partial charge in [0.15, 0.2) is 5.16 Å². The van der Waals surface area contributed by atoms with Crippen molar-refractivity contribution < 1.29 is 0 Å².